The highest BCUT2D eigenvalue weighted by atomic mass is 79.9. The molecule has 2 rings (SSSR count). The molecule has 0 aliphatic rings. The van der Waals surface area contributed by atoms with Crippen molar-refractivity contribution < 1.29 is 8.42 Å². The van der Waals surface area contributed by atoms with E-state index in [0.717, 1.165) is 26.9 Å². The normalized spacial score (nSPS) is 11.7. The Morgan fingerprint density at radius 1 is 1.15 bits per heavy atom. The van der Waals surface area contributed by atoms with Gasteiger partial charge in [-0.05, 0) is 43.2 Å². The Morgan fingerprint density at radius 3 is 2.15 bits per heavy atom. The summed E-state index contributed by atoms with van der Waals surface area (Å²) in [7, 11) is -3.74. The highest BCUT2D eigenvalue weighted by Crippen LogP contribution is 2.35. The number of aryl methyl sites for hydroxylation is 2. The van der Waals surface area contributed by atoms with E-state index in [0.29, 0.717) is 10.0 Å². The fourth-order valence-corrected chi connectivity index (χ4v) is 5.14. The van der Waals surface area contributed by atoms with Crippen LogP contribution in [0.3, 0.4) is 0 Å². The number of halogens is 3. The van der Waals surface area contributed by atoms with Crippen molar-refractivity contribution in [3.05, 3.63) is 42.5 Å². The van der Waals surface area contributed by atoms with E-state index < -0.39 is 10.0 Å². The van der Waals surface area contributed by atoms with Gasteiger partial charge in [-0.1, -0.05) is 39.1 Å². The van der Waals surface area contributed by atoms with Crippen LogP contribution in [-0.4, -0.2) is 8.42 Å². The summed E-state index contributed by atoms with van der Waals surface area (Å²) >= 11 is 16.1. The number of sulfonamides is 1. The van der Waals surface area contributed by atoms with E-state index in [4.69, 9.17) is 23.2 Å². The summed E-state index contributed by atoms with van der Waals surface area (Å²) in [5, 5.41) is 0. The number of nitrogens with one attached hydrogen (secondary N) is 1. The number of thiophene rings is 1. The molecule has 0 atom stereocenters. The zero-order valence-corrected chi connectivity index (χ0v) is 15.2. The minimum absolute atomic E-state index is 0.00704. The molecule has 0 aliphatic carbocycles. The largest absolute Gasteiger partial charge is 0.280 e. The van der Waals surface area contributed by atoms with E-state index in [1.807, 2.05) is 13.8 Å². The molecule has 0 spiro atoms. The molecule has 0 amide bonds. The Labute approximate surface area is 140 Å². The van der Waals surface area contributed by atoms with Crippen LogP contribution in [0.15, 0.2) is 27.6 Å². The van der Waals surface area contributed by atoms with Crippen molar-refractivity contribution in [2.24, 2.45) is 0 Å². The summed E-state index contributed by atoms with van der Waals surface area (Å²) in [6.07, 6.45) is 0. The molecule has 0 saturated carbocycles. The van der Waals surface area contributed by atoms with Crippen LogP contribution in [0.25, 0.3) is 0 Å². The molecular formula is C12H10BrCl2NO2S2. The van der Waals surface area contributed by atoms with Crippen molar-refractivity contribution in [2.75, 3.05) is 4.72 Å². The third-order valence-electron chi connectivity index (χ3n) is 2.60. The van der Waals surface area contributed by atoms with Crippen LogP contribution in [0.4, 0.5) is 5.69 Å². The molecule has 20 heavy (non-hydrogen) atoms. The van der Waals surface area contributed by atoms with Crippen LogP contribution < -0.4 is 4.72 Å². The van der Waals surface area contributed by atoms with Crippen LogP contribution >= 0.6 is 50.5 Å². The first kappa shape index (κ1) is 16.1. The number of hydrogen-bond acceptors (Lipinski definition) is 3. The monoisotopic (exact) mass is 413 g/mol. The van der Waals surface area contributed by atoms with Crippen molar-refractivity contribution in [2.45, 2.75) is 18.7 Å². The summed E-state index contributed by atoms with van der Waals surface area (Å²) in [5.41, 5.74) is 2.37. The fourth-order valence-electron chi connectivity index (χ4n) is 1.72. The quantitative estimate of drug-likeness (QED) is 0.746. The number of rotatable bonds is 3. The van der Waals surface area contributed by atoms with E-state index in [9.17, 15) is 8.42 Å². The van der Waals surface area contributed by atoms with E-state index >= 15 is 0 Å². The first-order valence-electron chi connectivity index (χ1n) is 5.45. The first-order valence-corrected chi connectivity index (χ1v) is 9.30. The van der Waals surface area contributed by atoms with Gasteiger partial charge in [0.1, 0.15) is 9.23 Å². The van der Waals surface area contributed by atoms with Crippen LogP contribution in [0.2, 0.25) is 8.67 Å². The number of benzene rings is 1. The predicted molar refractivity (Wildman–Crippen MR) is 88.8 cm³/mol. The van der Waals surface area contributed by atoms with Gasteiger partial charge in [-0.15, -0.1) is 11.3 Å². The highest BCUT2D eigenvalue weighted by molar-refractivity contribution is 9.10. The maximum atomic E-state index is 12.3. The van der Waals surface area contributed by atoms with Gasteiger partial charge in [0.15, 0.2) is 0 Å². The standard InChI is InChI=1S/C12H10BrCl2NO2S2/c1-6-3-8(4-7(2)11(6)13)16-20(17,18)9-5-10(14)19-12(9)15/h3-5,16H,1-2H3. The minimum Gasteiger partial charge on any atom is -0.280 e. The van der Waals surface area contributed by atoms with Crippen LogP contribution in [-0.2, 0) is 10.0 Å². The molecule has 1 heterocycles. The summed E-state index contributed by atoms with van der Waals surface area (Å²) in [4.78, 5) is -0.00704. The molecule has 0 unspecified atom stereocenters. The Morgan fingerprint density at radius 2 is 1.70 bits per heavy atom. The first-order chi connectivity index (χ1) is 9.20. The second kappa shape index (κ2) is 5.85. The SMILES string of the molecule is Cc1cc(NS(=O)(=O)c2cc(Cl)sc2Cl)cc(C)c1Br. The molecule has 1 aromatic heterocycles. The van der Waals surface area contributed by atoms with Gasteiger partial charge in [0.2, 0.25) is 0 Å². The van der Waals surface area contributed by atoms with Gasteiger partial charge in [0.05, 0.1) is 4.34 Å². The molecule has 1 aromatic carbocycles. The van der Waals surface area contributed by atoms with Crippen molar-refractivity contribution in [3.63, 3.8) is 0 Å². The van der Waals surface area contributed by atoms with Crippen molar-refractivity contribution >= 4 is 66.2 Å². The third kappa shape index (κ3) is 3.31. The van der Waals surface area contributed by atoms with Gasteiger partial charge < -0.3 is 0 Å². The smallest absolute Gasteiger partial charge is 0.264 e. The van der Waals surface area contributed by atoms with Gasteiger partial charge in [-0.3, -0.25) is 4.72 Å². The molecule has 1 N–H and O–H groups in total. The van der Waals surface area contributed by atoms with Crippen LogP contribution in [0.5, 0.6) is 0 Å². The Hall–Kier alpha value is -0.270. The number of hydrogen-bond donors (Lipinski definition) is 1. The molecule has 0 bridgehead atoms. The van der Waals surface area contributed by atoms with E-state index in [-0.39, 0.29) is 9.23 Å². The molecule has 8 heteroatoms. The zero-order valence-electron chi connectivity index (χ0n) is 10.5. The molecule has 2 aromatic rings. The molecule has 108 valence electrons. The van der Waals surface area contributed by atoms with Crippen molar-refractivity contribution in [1.29, 1.82) is 0 Å². The van der Waals surface area contributed by atoms with Gasteiger partial charge in [-0.25, -0.2) is 8.42 Å². The summed E-state index contributed by atoms with van der Waals surface area (Å²) in [6.45, 7) is 3.78. The van der Waals surface area contributed by atoms with Crippen molar-refractivity contribution in [1.82, 2.24) is 0 Å². The maximum absolute atomic E-state index is 12.3. The van der Waals surface area contributed by atoms with Gasteiger partial charge in [0.25, 0.3) is 10.0 Å². The Balaban J connectivity index is 2.41. The average Bonchev–Trinajstić information content (AvgIpc) is 2.65. The van der Waals surface area contributed by atoms with Crippen LogP contribution in [0.1, 0.15) is 11.1 Å². The maximum Gasteiger partial charge on any atom is 0.264 e. The Kier molecular flexibility index (Phi) is 4.71. The highest BCUT2D eigenvalue weighted by Gasteiger charge is 2.21. The molecule has 0 radical (unpaired) electrons. The lowest BCUT2D eigenvalue weighted by Gasteiger charge is -2.10. The molecule has 0 saturated heterocycles. The summed E-state index contributed by atoms with van der Waals surface area (Å²) in [5.74, 6) is 0. The van der Waals surface area contributed by atoms with E-state index in [1.165, 1.54) is 6.07 Å². The second-order valence-corrected chi connectivity index (χ2v) is 8.95. The Bertz CT molecular complexity index is 749. The average molecular weight is 415 g/mol. The lowest BCUT2D eigenvalue weighted by atomic mass is 10.1. The molecule has 0 aliphatic heterocycles. The third-order valence-corrected chi connectivity index (χ3v) is 6.99. The van der Waals surface area contributed by atoms with Crippen molar-refractivity contribution in [3.8, 4) is 0 Å². The van der Waals surface area contributed by atoms with Gasteiger partial charge in [0, 0.05) is 10.2 Å². The van der Waals surface area contributed by atoms with Crippen LogP contribution in [0, 0.1) is 13.8 Å². The fraction of sp³-hybridized carbons (Fsp3) is 0.167. The zero-order chi connectivity index (χ0) is 15.1. The molecule has 0 fully saturated rings. The predicted octanol–water partition coefficient (Wildman–Crippen LogP) is 5.24. The topological polar surface area (TPSA) is 46.2 Å². The lowest BCUT2D eigenvalue weighted by molar-refractivity contribution is 0.601. The molecular weight excluding hydrogens is 405 g/mol. The van der Waals surface area contributed by atoms with E-state index in [1.54, 1.807) is 12.1 Å². The molecule has 3 nitrogen and oxygen atoms in total. The minimum atomic E-state index is -3.74. The second-order valence-electron chi connectivity index (χ2n) is 4.22. The van der Waals surface area contributed by atoms with Gasteiger partial charge in [-0.2, -0.15) is 0 Å². The lowest BCUT2D eigenvalue weighted by Crippen LogP contribution is -2.12. The summed E-state index contributed by atoms with van der Waals surface area (Å²) in [6, 6.07) is 4.84. The summed E-state index contributed by atoms with van der Waals surface area (Å²) < 4.78 is 28.5. The van der Waals surface area contributed by atoms with E-state index in [2.05, 4.69) is 20.7 Å². The number of anilines is 1. The van der Waals surface area contributed by atoms with Gasteiger partial charge >= 0.3 is 0 Å².